The smallest absolute Gasteiger partial charge is 0.306 e. The number of carboxylic acid groups (broad SMARTS) is 1. The van der Waals surface area contributed by atoms with E-state index in [2.05, 4.69) is 5.32 Å². The molecule has 6 heteroatoms. The fourth-order valence-corrected chi connectivity index (χ4v) is 2.45. The third-order valence-corrected chi connectivity index (χ3v) is 3.64. The first kappa shape index (κ1) is 14.5. The van der Waals surface area contributed by atoms with E-state index in [9.17, 15) is 19.1 Å². The first-order valence-electron chi connectivity index (χ1n) is 6.42. The van der Waals surface area contributed by atoms with Crippen LogP contribution in [0.15, 0.2) is 24.3 Å². The topological polar surface area (TPSA) is 86.6 Å². The number of hydrogen-bond acceptors (Lipinski definition) is 3. The van der Waals surface area contributed by atoms with Crippen molar-refractivity contribution in [3.05, 3.63) is 35.6 Å². The number of rotatable bonds is 4. The molecule has 3 N–H and O–H groups in total. The summed E-state index contributed by atoms with van der Waals surface area (Å²) in [7, 11) is 0. The number of carboxylic acids is 1. The summed E-state index contributed by atoms with van der Waals surface area (Å²) in [5.74, 6) is -2.53. The lowest BCUT2D eigenvalue weighted by Gasteiger charge is -2.14. The maximum atomic E-state index is 12.7. The molecule has 1 aromatic carbocycles. The molecule has 0 heterocycles. The van der Waals surface area contributed by atoms with Gasteiger partial charge in [-0.2, -0.15) is 0 Å². The van der Waals surface area contributed by atoms with Gasteiger partial charge in [0.1, 0.15) is 5.82 Å². The lowest BCUT2D eigenvalue weighted by molar-refractivity contribution is -0.141. The molecule has 0 aromatic heterocycles. The van der Waals surface area contributed by atoms with Crippen molar-refractivity contribution >= 4 is 11.9 Å². The first-order valence-corrected chi connectivity index (χ1v) is 6.42. The summed E-state index contributed by atoms with van der Waals surface area (Å²) in [6.07, 6.45) is -0.156. The van der Waals surface area contributed by atoms with Crippen molar-refractivity contribution in [3.63, 3.8) is 0 Å². The molecule has 0 saturated heterocycles. The minimum Gasteiger partial charge on any atom is -0.481 e. The van der Waals surface area contributed by atoms with E-state index in [0.29, 0.717) is 12.0 Å². The van der Waals surface area contributed by atoms with E-state index < -0.39 is 23.8 Å². The van der Waals surface area contributed by atoms with Crippen LogP contribution in [0, 0.1) is 17.7 Å². The van der Waals surface area contributed by atoms with Crippen LogP contribution in [0.2, 0.25) is 0 Å². The number of carbonyl (C=O) groups excluding carboxylic acids is 1. The summed E-state index contributed by atoms with van der Waals surface area (Å²) in [6.45, 7) is 0.209. The number of halogens is 1. The molecule has 0 spiro atoms. The zero-order valence-corrected chi connectivity index (χ0v) is 10.8. The monoisotopic (exact) mass is 281 g/mol. The maximum Gasteiger partial charge on any atom is 0.306 e. The number of hydrogen-bond donors (Lipinski definition) is 3. The first-order chi connectivity index (χ1) is 9.47. The molecule has 0 radical (unpaired) electrons. The SMILES string of the molecule is O=C(NC[C@H]1C[C@@H](C(=O)O)C[C@H]1O)c1ccc(F)cc1. The van der Waals surface area contributed by atoms with E-state index in [4.69, 9.17) is 5.11 Å². The Morgan fingerprint density at radius 3 is 2.45 bits per heavy atom. The molecular formula is C14H16FNO4. The summed E-state index contributed by atoms with van der Waals surface area (Å²) in [5, 5.41) is 21.3. The fourth-order valence-electron chi connectivity index (χ4n) is 2.45. The van der Waals surface area contributed by atoms with Gasteiger partial charge in [-0.1, -0.05) is 0 Å². The van der Waals surface area contributed by atoms with Crippen LogP contribution in [0.3, 0.4) is 0 Å². The van der Waals surface area contributed by atoms with Crippen molar-refractivity contribution in [2.75, 3.05) is 6.54 Å². The second kappa shape index (κ2) is 6.00. The molecule has 0 bridgehead atoms. The van der Waals surface area contributed by atoms with Crippen LogP contribution in [0.1, 0.15) is 23.2 Å². The Morgan fingerprint density at radius 1 is 1.25 bits per heavy atom. The summed E-state index contributed by atoms with van der Waals surface area (Å²) in [5.41, 5.74) is 0.327. The van der Waals surface area contributed by atoms with Crippen LogP contribution in [-0.4, -0.2) is 34.7 Å². The Hall–Kier alpha value is -1.95. The second-order valence-electron chi connectivity index (χ2n) is 5.05. The summed E-state index contributed by atoms with van der Waals surface area (Å²) in [6, 6.07) is 5.13. The van der Waals surface area contributed by atoms with Crippen LogP contribution in [0.5, 0.6) is 0 Å². The second-order valence-corrected chi connectivity index (χ2v) is 5.05. The van der Waals surface area contributed by atoms with E-state index in [1.165, 1.54) is 24.3 Å². The van der Waals surface area contributed by atoms with Gasteiger partial charge in [-0.15, -0.1) is 0 Å². The van der Waals surface area contributed by atoms with Crippen molar-refractivity contribution in [1.82, 2.24) is 5.32 Å². The molecule has 5 nitrogen and oxygen atoms in total. The van der Waals surface area contributed by atoms with Crippen LogP contribution in [-0.2, 0) is 4.79 Å². The molecule has 3 atom stereocenters. The predicted octanol–water partition coefficient (Wildman–Crippen LogP) is 1.03. The number of aliphatic hydroxyl groups excluding tert-OH is 1. The van der Waals surface area contributed by atoms with Gasteiger partial charge in [0.05, 0.1) is 12.0 Å². The van der Waals surface area contributed by atoms with E-state index in [1.807, 2.05) is 0 Å². The van der Waals surface area contributed by atoms with Crippen molar-refractivity contribution in [3.8, 4) is 0 Å². The van der Waals surface area contributed by atoms with Crippen LogP contribution in [0.25, 0.3) is 0 Å². The molecule has 1 saturated carbocycles. The Kier molecular flexibility index (Phi) is 4.34. The zero-order chi connectivity index (χ0) is 14.7. The van der Waals surface area contributed by atoms with Crippen molar-refractivity contribution in [2.45, 2.75) is 18.9 Å². The van der Waals surface area contributed by atoms with Crippen molar-refractivity contribution in [1.29, 1.82) is 0 Å². The summed E-state index contributed by atoms with van der Waals surface area (Å²) in [4.78, 5) is 22.7. The predicted molar refractivity (Wildman–Crippen MR) is 68.6 cm³/mol. The van der Waals surface area contributed by atoms with E-state index in [1.54, 1.807) is 0 Å². The van der Waals surface area contributed by atoms with E-state index >= 15 is 0 Å². The third-order valence-electron chi connectivity index (χ3n) is 3.64. The molecule has 2 rings (SSSR count). The highest BCUT2D eigenvalue weighted by atomic mass is 19.1. The zero-order valence-electron chi connectivity index (χ0n) is 10.8. The van der Waals surface area contributed by atoms with E-state index in [0.717, 1.165) is 0 Å². The molecule has 1 aliphatic rings. The van der Waals surface area contributed by atoms with Gasteiger partial charge in [-0.3, -0.25) is 9.59 Å². The highest BCUT2D eigenvalue weighted by Crippen LogP contribution is 2.31. The summed E-state index contributed by atoms with van der Waals surface area (Å²) >= 11 is 0. The van der Waals surface area contributed by atoms with E-state index in [-0.39, 0.29) is 24.8 Å². The molecule has 1 fully saturated rings. The van der Waals surface area contributed by atoms with Crippen LogP contribution in [0.4, 0.5) is 4.39 Å². The Morgan fingerprint density at radius 2 is 1.90 bits per heavy atom. The minimum absolute atomic E-state index is 0.209. The van der Waals surface area contributed by atoms with Gasteiger partial charge in [-0.05, 0) is 37.1 Å². The molecule has 0 unspecified atom stereocenters. The number of carbonyl (C=O) groups is 2. The number of aliphatic hydroxyl groups is 1. The molecule has 20 heavy (non-hydrogen) atoms. The summed E-state index contributed by atoms with van der Waals surface area (Å²) < 4.78 is 12.7. The number of amides is 1. The average Bonchev–Trinajstić information content (AvgIpc) is 2.78. The van der Waals surface area contributed by atoms with Crippen LogP contribution >= 0.6 is 0 Å². The van der Waals surface area contributed by atoms with Crippen molar-refractivity contribution < 1.29 is 24.2 Å². The molecule has 108 valence electrons. The highest BCUT2D eigenvalue weighted by molar-refractivity contribution is 5.94. The van der Waals surface area contributed by atoms with Gasteiger partial charge >= 0.3 is 5.97 Å². The number of benzene rings is 1. The van der Waals surface area contributed by atoms with Gasteiger partial charge in [0.25, 0.3) is 5.91 Å². The van der Waals surface area contributed by atoms with Gasteiger partial charge in [0.2, 0.25) is 0 Å². The lowest BCUT2D eigenvalue weighted by atomic mass is 10.0. The standard InChI is InChI=1S/C14H16FNO4/c15-11-3-1-8(2-4-11)13(18)16-7-10-5-9(14(19)20)6-12(10)17/h1-4,9-10,12,17H,5-7H2,(H,16,18)(H,19,20)/t9-,10-,12-/m1/s1. The van der Waals surface area contributed by atoms with Gasteiger partial charge in [0, 0.05) is 18.0 Å². The maximum absolute atomic E-state index is 12.7. The quantitative estimate of drug-likeness (QED) is 0.769. The van der Waals surface area contributed by atoms with Gasteiger partial charge < -0.3 is 15.5 Å². The van der Waals surface area contributed by atoms with Crippen LogP contribution < -0.4 is 5.32 Å². The van der Waals surface area contributed by atoms with Gasteiger partial charge in [-0.25, -0.2) is 4.39 Å². The molecular weight excluding hydrogens is 265 g/mol. The number of nitrogens with one attached hydrogen (secondary N) is 1. The lowest BCUT2D eigenvalue weighted by Crippen LogP contribution is -2.32. The largest absolute Gasteiger partial charge is 0.481 e. The van der Waals surface area contributed by atoms with Crippen molar-refractivity contribution in [2.24, 2.45) is 11.8 Å². The van der Waals surface area contributed by atoms with Gasteiger partial charge in [0.15, 0.2) is 0 Å². The molecule has 0 aliphatic heterocycles. The average molecular weight is 281 g/mol. The minimum atomic E-state index is -0.920. The molecule has 1 aliphatic carbocycles. The molecule has 1 amide bonds. The molecule has 1 aromatic rings. The number of aliphatic carboxylic acids is 1. The Labute approximate surface area is 115 Å². The third kappa shape index (κ3) is 3.33. The highest BCUT2D eigenvalue weighted by Gasteiger charge is 2.36. The fraction of sp³-hybridized carbons (Fsp3) is 0.429. The normalized spacial score (nSPS) is 25.4. The Balaban J connectivity index is 1.87. The Bertz CT molecular complexity index is 502.